The lowest BCUT2D eigenvalue weighted by Crippen LogP contribution is -2.66. The largest absolute Gasteiger partial charge is 0.407 e. The molecule has 1 N–H and O–H groups in total. The lowest BCUT2D eigenvalue weighted by Gasteiger charge is -2.43. The summed E-state index contributed by atoms with van der Waals surface area (Å²) in [4.78, 5) is 0. The van der Waals surface area contributed by atoms with E-state index < -0.39 is 8.32 Å². The summed E-state index contributed by atoms with van der Waals surface area (Å²) in [7, 11) is -2.40. The van der Waals surface area contributed by atoms with E-state index in [9.17, 15) is 0 Å². The third-order valence-electron chi connectivity index (χ3n) is 4.97. The number of benzene rings is 2. The molecule has 0 aliphatic heterocycles. The van der Waals surface area contributed by atoms with Gasteiger partial charge in [-0.15, -0.1) is 0 Å². The molecule has 0 aromatic heterocycles. The van der Waals surface area contributed by atoms with Crippen LogP contribution in [0.15, 0.2) is 72.8 Å². The molecule has 27 heavy (non-hydrogen) atoms. The highest BCUT2D eigenvalue weighted by molar-refractivity contribution is 6.99. The molecule has 2 rings (SSSR count). The predicted molar refractivity (Wildman–Crippen MR) is 118 cm³/mol. The van der Waals surface area contributed by atoms with Crippen molar-refractivity contribution < 1.29 is 9.53 Å². The van der Waals surface area contributed by atoms with Gasteiger partial charge in [0.1, 0.15) is 0 Å². The lowest BCUT2D eigenvalue weighted by molar-refractivity contribution is 0.285. The van der Waals surface area contributed by atoms with Crippen LogP contribution in [-0.2, 0) is 4.43 Å². The number of aliphatic hydroxyl groups excluding tert-OH is 1. The van der Waals surface area contributed by atoms with Gasteiger partial charge in [-0.25, -0.2) is 0 Å². The van der Waals surface area contributed by atoms with Crippen LogP contribution in [0.1, 0.15) is 46.5 Å². The minimum atomic E-state index is -2.40. The van der Waals surface area contributed by atoms with Crippen molar-refractivity contribution in [3.8, 4) is 0 Å². The minimum Gasteiger partial charge on any atom is -0.407 e. The number of aliphatic hydroxyl groups is 1. The van der Waals surface area contributed by atoms with E-state index in [1.807, 2.05) is 0 Å². The van der Waals surface area contributed by atoms with Crippen LogP contribution in [0.2, 0.25) is 5.04 Å². The summed E-state index contributed by atoms with van der Waals surface area (Å²) in [5.41, 5.74) is 0. The molecule has 0 amide bonds. The molecular weight excluding hydrogens is 348 g/mol. The summed E-state index contributed by atoms with van der Waals surface area (Å²) in [6.07, 6.45) is 8.30. The summed E-state index contributed by atoms with van der Waals surface area (Å²) < 4.78 is 6.84. The van der Waals surface area contributed by atoms with E-state index in [-0.39, 0.29) is 11.6 Å². The van der Waals surface area contributed by atoms with Gasteiger partial charge in [0.15, 0.2) is 0 Å². The highest BCUT2D eigenvalue weighted by atomic mass is 28.4. The Kier molecular flexibility index (Phi) is 8.49. The molecule has 0 bridgehead atoms. The van der Waals surface area contributed by atoms with Crippen molar-refractivity contribution in [2.45, 2.75) is 51.5 Å². The van der Waals surface area contributed by atoms with Crippen LogP contribution in [-0.4, -0.2) is 26.6 Å². The third-order valence-corrected chi connectivity index (χ3v) is 10.0. The first kappa shape index (κ1) is 21.6. The van der Waals surface area contributed by atoms with Crippen molar-refractivity contribution in [1.82, 2.24) is 0 Å². The van der Waals surface area contributed by atoms with Crippen LogP contribution in [0.3, 0.4) is 0 Å². The maximum atomic E-state index is 8.85. The van der Waals surface area contributed by atoms with Gasteiger partial charge in [0, 0.05) is 13.2 Å². The smallest absolute Gasteiger partial charge is 0.261 e. The van der Waals surface area contributed by atoms with Crippen molar-refractivity contribution in [3.05, 3.63) is 72.8 Å². The predicted octanol–water partition coefficient (Wildman–Crippen LogP) is 4.67. The molecule has 0 radical (unpaired) electrons. The highest BCUT2D eigenvalue weighted by Gasteiger charge is 2.49. The number of unbranched alkanes of at least 4 members (excludes halogenated alkanes) is 2. The quantitative estimate of drug-likeness (QED) is 0.367. The van der Waals surface area contributed by atoms with Crippen molar-refractivity contribution >= 4 is 18.7 Å². The third kappa shape index (κ3) is 5.65. The maximum absolute atomic E-state index is 8.85. The molecule has 0 atom stereocenters. The zero-order chi connectivity index (χ0) is 19.6. The first-order chi connectivity index (χ1) is 13.0. The molecule has 0 unspecified atom stereocenters. The molecule has 0 fully saturated rings. The molecule has 0 heterocycles. The van der Waals surface area contributed by atoms with Crippen LogP contribution >= 0.6 is 0 Å². The van der Waals surface area contributed by atoms with Gasteiger partial charge in [-0.2, -0.15) is 0 Å². The van der Waals surface area contributed by atoms with Gasteiger partial charge in [-0.05, 0) is 41.1 Å². The van der Waals surface area contributed by atoms with Gasteiger partial charge in [-0.3, -0.25) is 0 Å². The second-order valence-electron chi connectivity index (χ2n) is 7.99. The minimum absolute atomic E-state index is 0.0283. The van der Waals surface area contributed by atoms with Gasteiger partial charge in [0.05, 0.1) is 0 Å². The first-order valence-corrected chi connectivity index (χ1v) is 11.9. The van der Waals surface area contributed by atoms with Crippen LogP contribution < -0.4 is 10.4 Å². The van der Waals surface area contributed by atoms with E-state index in [2.05, 4.69) is 93.6 Å². The number of hydrogen-bond acceptors (Lipinski definition) is 2. The van der Waals surface area contributed by atoms with E-state index >= 15 is 0 Å². The monoisotopic (exact) mass is 382 g/mol. The van der Waals surface area contributed by atoms with Gasteiger partial charge in [0.25, 0.3) is 8.32 Å². The van der Waals surface area contributed by atoms with Crippen molar-refractivity contribution in [3.63, 3.8) is 0 Å². The molecule has 2 nitrogen and oxygen atoms in total. The van der Waals surface area contributed by atoms with E-state index in [0.717, 1.165) is 32.3 Å². The van der Waals surface area contributed by atoms with Crippen molar-refractivity contribution in [2.75, 3.05) is 13.2 Å². The molecule has 0 saturated heterocycles. The van der Waals surface area contributed by atoms with Crippen LogP contribution in [0.4, 0.5) is 0 Å². The summed E-state index contributed by atoms with van der Waals surface area (Å²) in [5, 5.41) is 11.5. The Morgan fingerprint density at radius 2 is 1.33 bits per heavy atom. The molecule has 3 heteroatoms. The summed E-state index contributed by atoms with van der Waals surface area (Å²) in [5.74, 6) is 0. The number of hydrogen-bond donors (Lipinski definition) is 1. The Morgan fingerprint density at radius 1 is 0.815 bits per heavy atom. The fourth-order valence-electron chi connectivity index (χ4n) is 3.65. The Bertz CT molecular complexity index is 635. The van der Waals surface area contributed by atoms with E-state index in [0.29, 0.717) is 0 Å². The molecule has 2 aromatic rings. The highest BCUT2D eigenvalue weighted by Crippen LogP contribution is 2.36. The SMILES string of the molecule is CC(C)(C)[Si](OCC/C=C\CCCCO)(c1ccccc1)c1ccccc1. The Balaban J connectivity index is 2.22. The molecular formula is C24H34O2Si. The topological polar surface area (TPSA) is 29.5 Å². The molecule has 0 spiro atoms. The Hall–Kier alpha value is -1.68. The van der Waals surface area contributed by atoms with Gasteiger partial charge < -0.3 is 9.53 Å². The summed E-state index contributed by atoms with van der Waals surface area (Å²) in [6.45, 7) is 7.94. The molecule has 0 saturated carbocycles. The van der Waals surface area contributed by atoms with Crippen LogP contribution in [0.25, 0.3) is 0 Å². The lowest BCUT2D eigenvalue weighted by atomic mass is 10.2. The number of rotatable bonds is 10. The Morgan fingerprint density at radius 3 is 1.81 bits per heavy atom. The van der Waals surface area contributed by atoms with Gasteiger partial charge in [0.2, 0.25) is 0 Å². The number of allylic oxidation sites excluding steroid dienone is 1. The van der Waals surface area contributed by atoms with Crippen LogP contribution in [0, 0.1) is 0 Å². The summed E-state index contributed by atoms with van der Waals surface area (Å²) >= 11 is 0. The fourth-order valence-corrected chi connectivity index (χ4v) is 8.23. The molecule has 146 valence electrons. The molecule has 0 aliphatic carbocycles. The first-order valence-electron chi connectivity index (χ1n) is 10.0. The molecule has 0 aliphatic rings. The summed E-state index contributed by atoms with van der Waals surface area (Å²) in [6, 6.07) is 21.6. The van der Waals surface area contributed by atoms with Crippen LogP contribution in [0.5, 0.6) is 0 Å². The average Bonchev–Trinajstić information content (AvgIpc) is 2.67. The second-order valence-corrected chi connectivity index (χ2v) is 12.3. The van der Waals surface area contributed by atoms with E-state index in [1.54, 1.807) is 0 Å². The van der Waals surface area contributed by atoms with E-state index in [1.165, 1.54) is 10.4 Å². The normalized spacial score (nSPS) is 12.6. The Labute approximate surface area is 166 Å². The fraction of sp³-hybridized carbons (Fsp3) is 0.417. The molecule has 2 aromatic carbocycles. The van der Waals surface area contributed by atoms with Crippen molar-refractivity contribution in [2.24, 2.45) is 0 Å². The van der Waals surface area contributed by atoms with E-state index in [4.69, 9.17) is 9.53 Å². The standard InChI is InChI=1S/C24H34O2Si/c1-24(2,3)27(22-16-10-8-11-17-22,23-18-12-9-13-19-23)26-21-15-7-5-4-6-14-20-25/h5,7-13,16-19,25H,4,6,14-15,20-21H2,1-3H3/b7-5-. The van der Waals surface area contributed by atoms with Gasteiger partial charge >= 0.3 is 0 Å². The zero-order valence-electron chi connectivity index (χ0n) is 17.0. The second kappa shape index (κ2) is 10.6. The van der Waals surface area contributed by atoms with Gasteiger partial charge in [-0.1, -0.05) is 93.6 Å². The van der Waals surface area contributed by atoms with Crippen molar-refractivity contribution in [1.29, 1.82) is 0 Å². The average molecular weight is 383 g/mol. The zero-order valence-corrected chi connectivity index (χ0v) is 18.0. The maximum Gasteiger partial charge on any atom is 0.261 e.